The molecule has 1 nitrogen and oxygen atoms in total. The van der Waals surface area contributed by atoms with Crippen molar-refractivity contribution in [2.24, 2.45) is 11.8 Å². The van der Waals surface area contributed by atoms with Gasteiger partial charge in [0.1, 0.15) is 5.78 Å². The molecule has 0 aromatic carbocycles. The highest BCUT2D eigenvalue weighted by Crippen LogP contribution is 2.27. The van der Waals surface area contributed by atoms with Crippen LogP contribution in [0.25, 0.3) is 0 Å². The predicted molar refractivity (Wildman–Crippen MR) is 54.1 cm³/mol. The SMILES string of the molecule is C=CC(C#CC)C1CCCCC1=O. The number of ketones is 1. The minimum atomic E-state index is 0.0813. The molecule has 1 rings (SSSR count). The predicted octanol–water partition coefficient (Wildman–Crippen LogP) is 2.57. The van der Waals surface area contributed by atoms with E-state index in [0.29, 0.717) is 5.78 Å². The van der Waals surface area contributed by atoms with E-state index >= 15 is 0 Å². The topological polar surface area (TPSA) is 17.1 Å². The fourth-order valence-corrected chi connectivity index (χ4v) is 1.88. The molecule has 0 heterocycles. The molecule has 0 aromatic rings. The van der Waals surface area contributed by atoms with E-state index in [1.165, 1.54) is 0 Å². The van der Waals surface area contributed by atoms with Gasteiger partial charge in [0, 0.05) is 18.3 Å². The van der Waals surface area contributed by atoms with Crippen LogP contribution in [0.1, 0.15) is 32.6 Å². The molecule has 0 N–H and O–H groups in total. The molecule has 2 unspecified atom stereocenters. The van der Waals surface area contributed by atoms with Crippen molar-refractivity contribution in [1.29, 1.82) is 0 Å². The fraction of sp³-hybridized carbons (Fsp3) is 0.583. The standard InChI is InChI=1S/C12H16O/c1-3-7-10(4-2)11-8-5-6-9-12(11)13/h4,10-11H,2,5-6,8-9H2,1H3. The third-order valence-corrected chi connectivity index (χ3v) is 2.60. The summed E-state index contributed by atoms with van der Waals surface area (Å²) in [6, 6.07) is 0. The Balaban J connectivity index is 2.69. The molecule has 0 amide bonds. The van der Waals surface area contributed by atoms with Crippen LogP contribution in [0.4, 0.5) is 0 Å². The zero-order valence-corrected chi connectivity index (χ0v) is 8.18. The third-order valence-electron chi connectivity index (χ3n) is 2.60. The highest BCUT2D eigenvalue weighted by molar-refractivity contribution is 5.82. The number of carbonyl (C=O) groups excluding carboxylic acids is 1. The molecular formula is C12H16O. The number of hydrogen-bond acceptors (Lipinski definition) is 1. The van der Waals surface area contributed by atoms with Gasteiger partial charge in [-0.15, -0.1) is 12.5 Å². The van der Waals surface area contributed by atoms with Gasteiger partial charge in [0.15, 0.2) is 0 Å². The lowest BCUT2D eigenvalue weighted by atomic mass is 9.79. The summed E-state index contributed by atoms with van der Waals surface area (Å²) in [4.78, 5) is 11.6. The first-order chi connectivity index (χ1) is 6.29. The quantitative estimate of drug-likeness (QED) is 0.467. The molecule has 0 radical (unpaired) electrons. The van der Waals surface area contributed by atoms with Gasteiger partial charge in [0.25, 0.3) is 0 Å². The second-order valence-corrected chi connectivity index (χ2v) is 3.47. The Morgan fingerprint density at radius 1 is 1.62 bits per heavy atom. The monoisotopic (exact) mass is 176 g/mol. The zero-order valence-electron chi connectivity index (χ0n) is 8.18. The fourth-order valence-electron chi connectivity index (χ4n) is 1.88. The average Bonchev–Trinajstić information content (AvgIpc) is 2.16. The maximum absolute atomic E-state index is 11.6. The van der Waals surface area contributed by atoms with Crippen molar-refractivity contribution in [3.8, 4) is 11.8 Å². The smallest absolute Gasteiger partial charge is 0.137 e. The molecule has 70 valence electrons. The normalized spacial score (nSPS) is 24.4. The van der Waals surface area contributed by atoms with Crippen molar-refractivity contribution in [2.75, 3.05) is 0 Å². The van der Waals surface area contributed by atoms with Crippen LogP contribution in [0.5, 0.6) is 0 Å². The molecule has 1 aliphatic rings. The molecule has 1 fully saturated rings. The van der Waals surface area contributed by atoms with Crippen molar-refractivity contribution in [3.63, 3.8) is 0 Å². The van der Waals surface area contributed by atoms with E-state index in [1.54, 1.807) is 0 Å². The molecule has 0 saturated heterocycles. The number of allylic oxidation sites excluding steroid dienone is 1. The van der Waals surface area contributed by atoms with Gasteiger partial charge in [-0.1, -0.05) is 18.4 Å². The van der Waals surface area contributed by atoms with Crippen LogP contribution in [-0.4, -0.2) is 5.78 Å². The van der Waals surface area contributed by atoms with Gasteiger partial charge in [0.05, 0.1) is 0 Å². The molecule has 0 spiro atoms. The Labute approximate surface area is 80.2 Å². The summed E-state index contributed by atoms with van der Waals surface area (Å²) < 4.78 is 0. The van der Waals surface area contributed by atoms with Crippen molar-refractivity contribution >= 4 is 5.78 Å². The van der Waals surface area contributed by atoms with Gasteiger partial charge in [-0.05, 0) is 19.8 Å². The molecule has 13 heavy (non-hydrogen) atoms. The van der Waals surface area contributed by atoms with Crippen molar-refractivity contribution in [2.45, 2.75) is 32.6 Å². The molecule has 1 heteroatoms. The lowest BCUT2D eigenvalue weighted by Crippen LogP contribution is -2.25. The van der Waals surface area contributed by atoms with Gasteiger partial charge >= 0.3 is 0 Å². The van der Waals surface area contributed by atoms with Gasteiger partial charge in [0.2, 0.25) is 0 Å². The van der Waals surface area contributed by atoms with E-state index in [2.05, 4.69) is 18.4 Å². The summed E-state index contributed by atoms with van der Waals surface area (Å²) in [5, 5.41) is 0. The van der Waals surface area contributed by atoms with Crippen LogP contribution in [-0.2, 0) is 4.79 Å². The Morgan fingerprint density at radius 3 is 2.92 bits per heavy atom. The molecule has 0 bridgehead atoms. The summed E-state index contributed by atoms with van der Waals surface area (Å²) in [7, 11) is 0. The maximum Gasteiger partial charge on any atom is 0.137 e. The number of carbonyl (C=O) groups is 1. The van der Waals surface area contributed by atoms with Crippen LogP contribution in [0.3, 0.4) is 0 Å². The minimum absolute atomic E-state index is 0.0813. The van der Waals surface area contributed by atoms with Crippen LogP contribution < -0.4 is 0 Å². The Hall–Kier alpha value is -1.03. The summed E-state index contributed by atoms with van der Waals surface area (Å²) >= 11 is 0. The van der Waals surface area contributed by atoms with E-state index in [1.807, 2.05) is 13.0 Å². The lowest BCUT2D eigenvalue weighted by Gasteiger charge is -2.23. The van der Waals surface area contributed by atoms with Crippen molar-refractivity contribution in [1.82, 2.24) is 0 Å². The Morgan fingerprint density at radius 2 is 2.38 bits per heavy atom. The van der Waals surface area contributed by atoms with E-state index in [0.717, 1.165) is 25.7 Å². The number of hydrogen-bond donors (Lipinski definition) is 0. The third kappa shape index (κ3) is 2.45. The van der Waals surface area contributed by atoms with Gasteiger partial charge in [-0.3, -0.25) is 4.79 Å². The number of Topliss-reactive ketones (excluding diaryl/α,β-unsaturated/α-hetero) is 1. The molecule has 1 aliphatic carbocycles. The summed E-state index contributed by atoms with van der Waals surface area (Å²) in [5.74, 6) is 6.49. The van der Waals surface area contributed by atoms with E-state index < -0.39 is 0 Å². The average molecular weight is 176 g/mol. The molecule has 0 aromatic heterocycles. The maximum atomic E-state index is 11.6. The largest absolute Gasteiger partial charge is 0.299 e. The Bertz CT molecular complexity index is 254. The van der Waals surface area contributed by atoms with Crippen LogP contribution in [0.2, 0.25) is 0 Å². The first-order valence-corrected chi connectivity index (χ1v) is 4.87. The van der Waals surface area contributed by atoms with E-state index in [4.69, 9.17) is 0 Å². The Kier molecular flexibility index (Phi) is 3.76. The summed E-state index contributed by atoms with van der Waals surface area (Å²) in [6.45, 7) is 5.54. The molecule has 2 atom stereocenters. The molecule has 0 aliphatic heterocycles. The van der Waals surface area contributed by atoms with Gasteiger partial charge in [-0.25, -0.2) is 0 Å². The van der Waals surface area contributed by atoms with Crippen molar-refractivity contribution in [3.05, 3.63) is 12.7 Å². The lowest BCUT2D eigenvalue weighted by molar-refractivity contribution is -0.125. The summed E-state index contributed by atoms with van der Waals surface area (Å²) in [5.41, 5.74) is 0. The van der Waals surface area contributed by atoms with Crippen molar-refractivity contribution < 1.29 is 4.79 Å². The summed E-state index contributed by atoms with van der Waals surface area (Å²) in [6.07, 6.45) is 5.75. The van der Waals surface area contributed by atoms with Crippen LogP contribution in [0, 0.1) is 23.7 Å². The first-order valence-electron chi connectivity index (χ1n) is 4.87. The molecular weight excluding hydrogens is 160 g/mol. The van der Waals surface area contributed by atoms with E-state index in [-0.39, 0.29) is 11.8 Å². The second-order valence-electron chi connectivity index (χ2n) is 3.47. The first kappa shape index (κ1) is 10.1. The number of rotatable bonds is 2. The molecule has 1 saturated carbocycles. The van der Waals surface area contributed by atoms with Crippen LogP contribution >= 0.6 is 0 Å². The van der Waals surface area contributed by atoms with Crippen LogP contribution in [0.15, 0.2) is 12.7 Å². The minimum Gasteiger partial charge on any atom is -0.299 e. The van der Waals surface area contributed by atoms with Gasteiger partial charge in [-0.2, -0.15) is 0 Å². The van der Waals surface area contributed by atoms with Gasteiger partial charge < -0.3 is 0 Å². The van der Waals surface area contributed by atoms with E-state index in [9.17, 15) is 4.79 Å². The second kappa shape index (κ2) is 4.87. The zero-order chi connectivity index (χ0) is 9.68. The highest BCUT2D eigenvalue weighted by Gasteiger charge is 2.27. The highest BCUT2D eigenvalue weighted by atomic mass is 16.1.